The van der Waals surface area contributed by atoms with E-state index in [2.05, 4.69) is 21.4 Å². The number of carbonyl (C=O) groups is 1. The molecule has 0 saturated heterocycles. The molecule has 2 N–H and O–H groups in total. The quantitative estimate of drug-likeness (QED) is 0.771. The number of aromatic nitrogens is 2. The van der Waals surface area contributed by atoms with E-state index in [-0.39, 0.29) is 24.4 Å². The Kier molecular flexibility index (Phi) is 3.97. The number of nitrogens with zero attached hydrogens (tertiary/aromatic N) is 1. The van der Waals surface area contributed by atoms with E-state index >= 15 is 0 Å². The number of aromatic amines is 1. The number of furan rings is 1. The minimum Gasteiger partial charge on any atom is -0.464 e. The molecule has 3 aromatic rings. The summed E-state index contributed by atoms with van der Waals surface area (Å²) in [6.45, 7) is 4.24. The molecule has 3 rings (SSSR count). The first-order valence-electron chi connectivity index (χ1n) is 7.30. The van der Waals surface area contributed by atoms with Gasteiger partial charge in [0.25, 0.3) is 5.56 Å². The van der Waals surface area contributed by atoms with Crippen molar-refractivity contribution in [2.75, 3.05) is 0 Å². The molecule has 0 atom stereocenters. The third-order valence-electron chi connectivity index (χ3n) is 3.65. The molecule has 2 aromatic heterocycles. The van der Waals surface area contributed by atoms with Crippen molar-refractivity contribution in [1.82, 2.24) is 15.3 Å². The van der Waals surface area contributed by atoms with Gasteiger partial charge in [-0.05, 0) is 31.0 Å². The molecule has 0 radical (unpaired) electrons. The molecule has 6 nitrogen and oxygen atoms in total. The van der Waals surface area contributed by atoms with Gasteiger partial charge in [-0.3, -0.25) is 9.59 Å². The highest BCUT2D eigenvalue weighted by Crippen LogP contribution is 2.26. The van der Waals surface area contributed by atoms with Gasteiger partial charge in [-0.15, -0.1) is 0 Å². The van der Waals surface area contributed by atoms with Crippen LogP contribution in [0.25, 0.3) is 11.0 Å². The minimum atomic E-state index is -0.240. The van der Waals surface area contributed by atoms with Gasteiger partial charge in [-0.2, -0.15) is 0 Å². The average molecular weight is 311 g/mol. The first-order chi connectivity index (χ1) is 11.0. The number of nitrogens with one attached hydrogen (secondary N) is 2. The van der Waals surface area contributed by atoms with Crippen LogP contribution in [0.2, 0.25) is 0 Å². The van der Waals surface area contributed by atoms with Crippen LogP contribution in [0.3, 0.4) is 0 Å². The smallest absolute Gasteiger partial charge is 0.250 e. The zero-order valence-electron chi connectivity index (χ0n) is 13.0. The van der Waals surface area contributed by atoms with Crippen molar-refractivity contribution in [3.63, 3.8) is 0 Å². The number of fused-ring (bicyclic) bond motifs is 1. The second kappa shape index (κ2) is 6.08. The molecule has 0 aliphatic heterocycles. The van der Waals surface area contributed by atoms with Gasteiger partial charge < -0.3 is 14.7 Å². The predicted molar refractivity (Wildman–Crippen MR) is 86.1 cm³/mol. The normalized spacial score (nSPS) is 10.9. The Labute approximate surface area is 132 Å². The van der Waals surface area contributed by atoms with E-state index in [0.29, 0.717) is 5.69 Å². The van der Waals surface area contributed by atoms with Gasteiger partial charge in [-0.1, -0.05) is 6.07 Å². The van der Waals surface area contributed by atoms with Crippen molar-refractivity contribution < 1.29 is 9.21 Å². The van der Waals surface area contributed by atoms with Crippen LogP contribution in [0.15, 0.2) is 40.0 Å². The fraction of sp³-hybridized carbons (Fsp3) is 0.235. The van der Waals surface area contributed by atoms with Crippen LogP contribution < -0.4 is 10.9 Å². The van der Waals surface area contributed by atoms with Crippen LogP contribution in [0, 0.1) is 13.8 Å². The van der Waals surface area contributed by atoms with Crippen LogP contribution in [0.5, 0.6) is 0 Å². The minimum absolute atomic E-state index is 0.144. The zero-order chi connectivity index (χ0) is 16.4. The van der Waals surface area contributed by atoms with Gasteiger partial charge >= 0.3 is 0 Å². The van der Waals surface area contributed by atoms with Gasteiger partial charge in [0.15, 0.2) is 0 Å². The Bertz CT molecular complexity index is 924. The van der Waals surface area contributed by atoms with Crippen molar-refractivity contribution in [2.24, 2.45) is 0 Å². The van der Waals surface area contributed by atoms with E-state index in [1.165, 1.54) is 12.4 Å². The molecule has 1 amide bonds. The largest absolute Gasteiger partial charge is 0.464 e. The van der Waals surface area contributed by atoms with E-state index in [4.69, 9.17) is 4.42 Å². The van der Waals surface area contributed by atoms with Crippen molar-refractivity contribution in [2.45, 2.75) is 26.8 Å². The number of hydrogen-bond acceptors (Lipinski definition) is 4. The van der Waals surface area contributed by atoms with Crippen LogP contribution in [-0.2, 0) is 17.8 Å². The summed E-state index contributed by atoms with van der Waals surface area (Å²) in [5, 5.41) is 3.75. The molecule has 1 aromatic carbocycles. The van der Waals surface area contributed by atoms with E-state index < -0.39 is 0 Å². The molecular formula is C17H17N3O3. The van der Waals surface area contributed by atoms with Gasteiger partial charge in [0.2, 0.25) is 5.91 Å². The fourth-order valence-corrected chi connectivity index (χ4v) is 2.69. The maximum absolute atomic E-state index is 12.1. The number of hydrogen-bond donors (Lipinski definition) is 2. The van der Waals surface area contributed by atoms with E-state index in [1.54, 1.807) is 6.26 Å². The SMILES string of the molecule is Cc1cc(C)c2c(CC(=O)NCc3cc(=O)[nH]cn3)coc2c1. The Balaban J connectivity index is 1.72. The topological polar surface area (TPSA) is 88.0 Å². The number of aryl methyl sites for hydroxylation is 2. The Morgan fingerprint density at radius 2 is 2.13 bits per heavy atom. The first-order valence-corrected chi connectivity index (χ1v) is 7.30. The number of carbonyl (C=O) groups excluding carboxylic acids is 1. The van der Waals surface area contributed by atoms with Crippen molar-refractivity contribution in [3.8, 4) is 0 Å². The molecule has 0 aliphatic carbocycles. The first kappa shape index (κ1) is 15.0. The molecule has 0 bridgehead atoms. The van der Waals surface area contributed by atoms with Crippen LogP contribution >= 0.6 is 0 Å². The molecule has 2 heterocycles. The van der Waals surface area contributed by atoms with Gasteiger partial charge in [0.1, 0.15) is 5.58 Å². The summed E-state index contributed by atoms with van der Waals surface area (Å²) >= 11 is 0. The number of H-pyrrole nitrogens is 1. The van der Waals surface area contributed by atoms with E-state index in [0.717, 1.165) is 27.7 Å². The lowest BCUT2D eigenvalue weighted by atomic mass is 10.0. The van der Waals surface area contributed by atoms with Crippen LogP contribution in [0.1, 0.15) is 22.4 Å². The Morgan fingerprint density at radius 1 is 1.30 bits per heavy atom. The predicted octanol–water partition coefficient (Wildman–Crippen LogP) is 1.99. The maximum Gasteiger partial charge on any atom is 0.250 e. The summed E-state index contributed by atoms with van der Waals surface area (Å²) in [4.78, 5) is 29.7. The second-order valence-electron chi connectivity index (χ2n) is 5.57. The van der Waals surface area contributed by atoms with E-state index in [1.807, 2.05) is 19.9 Å². The van der Waals surface area contributed by atoms with E-state index in [9.17, 15) is 9.59 Å². The summed E-state index contributed by atoms with van der Waals surface area (Å²) in [6, 6.07) is 5.39. The molecule has 0 aliphatic rings. The Morgan fingerprint density at radius 3 is 2.91 bits per heavy atom. The summed E-state index contributed by atoms with van der Waals surface area (Å²) < 4.78 is 5.55. The lowest BCUT2D eigenvalue weighted by Crippen LogP contribution is -2.25. The molecule has 6 heteroatoms. The fourth-order valence-electron chi connectivity index (χ4n) is 2.69. The molecule has 23 heavy (non-hydrogen) atoms. The highest BCUT2D eigenvalue weighted by atomic mass is 16.3. The average Bonchev–Trinajstić information content (AvgIpc) is 2.88. The number of rotatable bonds is 4. The highest BCUT2D eigenvalue weighted by Gasteiger charge is 2.13. The van der Waals surface area contributed by atoms with Crippen LogP contribution in [-0.4, -0.2) is 15.9 Å². The molecule has 118 valence electrons. The Hall–Kier alpha value is -2.89. The van der Waals surface area contributed by atoms with Crippen molar-refractivity contribution in [3.05, 3.63) is 63.5 Å². The van der Waals surface area contributed by atoms with Crippen LogP contribution in [0.4, 0.5) is 0 Å². The van der Waals surface area contributed by atoms with Gasteiger partial charge in [-0.25, -0.2) is 4.98 Å². The third kappa shape index (κ3) is 3.31. The monoisotopic (exact) mass is 311 g/mol. The summed E-state index contributed by atoms with van der Waals surface area (Å²) in [5.74, 6) is -0.144. The summed E-state index contributed by atoms with van der Waals surface area (Å²) in [6.07, 6.45) is 3.17. The molecule has 0 unspecified atom stereocenters. The van der Waals surface area contributed by atoms with Crippen molar-refractivity contribution in [1.29, 1.82) is 0 Å². The lowest BCUT2D eigenvalue weighted by Gasteiger charge is -2.05. The molecular weight excluding hydrogens is 294 g/mol. The molecule has 0 fully saturated rings. The lowest BCUT2D eigenvalue weighted by molar-refractivity contribution is -0.120. The maximum atomic E-state index is 12.1. The summed E-state index contributed by atoms with van der Waals surface area (Å²) in [5.41, 5.74) is 4.14. The zero-order valence-corrected chi connectivity index (χ0v) is 13.0. The molecule has 0 spiro atoms. The second-order valence-corrected chi connectivity index (χ2v) is 5.57. The third-order valence-corrected chi connectivity index (χ3v) is 3.65. The van der Waals surface area contributed by atoms with Gasteiger partial charge in [0.05, 0.1) is 31.2 Å². The van der Waals surface area contributed by atoms with Gasteiger partial charge in [0, 0.05) is 17.0 Å². The standard InChI is InChI=1S/C17H17N3O3/c1-10-3-11(2)17-12(8-23-14(17)4-10)5-15(21)18-7-13-6-16(22)20-9-19-13/h3-4,6,8-9H,5,7H2,1-2H3,(H,18,21)(H,19,20,22). The number of benzene rings is 1. The molecule has 0 saturated carbocycles. The highest BCUT2D eigenvalue weighted by molar-refractivity contribution is 5.90. The number of amides is 1. The van der Waals surface area contributed by atoms with Crippen molar-refractivity contribution >= 4 is 16.9 Å². The summed E-state index contributed by atoms with van der Waals surface area (Å²) in [7, 11) is 0.